The maximum absolute atomic E-state index is 12.4. The van der Waals surface area contributed by atoms with Crippen LogP contribution in [-0.4, -0.2) is 16.6 Å². The van der Waals surface area contributed by atoms with Crippen molar-refractivity contribution in [1.82, 2.24) is 4.98 Å². The highest BCUT2D eigenvalue weighted by Crippen LogP contribution is 2.32. The lowest BCUT2D eigenvalue weighted by Crippen LogP contribution is -2.11. The molecule has 0 saturated heterocycles. The molecule has 0 fully saturated rings. The van der Waals surface area contributed by atoms with E-state index in [1.54, 1.807) is 42.5 Å². The number of rotatable bonds is 4. The number of anilines is 1. The topological polar surface area (TPSA) is 42.0 Å². The zero-order valence-electron chi connectivity index (χ0n) is 11.4. The first-order chi connectivity index (χ1) is 11.0. The lowest BCUT2D eigenvalue weighted by atomic mass is 10.2. The average Bonchev–Trinajstić information content (AvgIpc) is 2.88. The van der Waals surface area contributed by atoms with E-state index in [2.05, 4.69) is 10.3 Å². The molecule has 1 N–H and O–H groups in total. The fourth-order valence-corrected chi connectivity index (χ4v) is 3.64. The molecule has 118 valence electrons. The van der Waals surface area contributed by atoms with Crippen molar-refractivity contribution in [2.45, 2.75) is 10.7 Å². The van der Waals surface area contributed by atoms with Crippen LogP contribution in [-0.2, 0) is 0 Å². The van der Waals surface area contributed by atoms with Gasteiger partial charge in [-0.1, -0.05) is 40.8 Å². The number of thioether (sulfide) groups is 1. The van der Waals surface area contributed by atoms with E-state index in [-0.39, 0.29) is 5.91 Å². The van der Waals surface area contributed by atoms with Gasteiger partial charge in [-0.05, 0) is 36.4 Å². The van der Waals surface area contributed by atoms with Gasteiger partial charge in [0.15, 0.2) is 5.13 Å². The van der Waals surface area contributed by atoms with Crippen molar-refractivity contribution in [3.8, 4) is 0 Å². The summed E-state index contributed by atoms with van der Waals surface area (Å²) in [7, 11) is 0. The summed E-state index contributed by atoms with van der Waals surface area (Å²) in [5, 5.41) is 3.56. The number of benzene rings is 2. The number of alkyl halides is 2. The van der Waals surface area contributed by atoms with Gasteiger partial charge in [-0.15, -0.1) is 0 Å². The van der Waals surface area contributed by atoms with Crippen LogP contribution in [0.15, 0.2) is 47.4 Å². The van der Waals surface area contributed by atoms with Crippen molar-refractivity contribution in [3.05, 3.63) is 53.1 Å². The number of halogens is 3. The number of nitrogens with one attached hydrogen (secondary N) is 1. The Morgan fingerprint density at radius 2 is 2.09 bits per heavy atom. The zero-order chi connectivity index (χ0) is 16.4. The molecule has 0 radical (unpaired) electrons. The van der Waals surface area contributed by atoms with E-state index in [4.69, 9.17) is 11.6 Å². The fourth-order valence-electron chi connectivity index (χ4n) is 1.93. The molecule has 0 aliphatic heterocycles. The molecule has 0 bridgehead atoms. The molecule has 2 aromatic carbocycles. The maximum Gasteiger partial charge on any atom is 0.288 e. The third kappa shape index (κ3) is 3.99. The molecule has 1 heterocycles. The predicted molar refractivity (Wildman–Crippen MR) is 90.9 cm³/mol. The molecule has 0 saturated carbocycles. The van der Waals surface area contributed by atoms with E-state index in [0.29, 0.717) is 37.9 Å². The lowest BCUT2D eigenvalue weighted by Gasteiger charge is -2.01. The second-order valence-corrected chi connectivity index (χ2v) is 7.02. The molecule has 0 spiro atoms. The first kappa shape index (κ1) is 16.2. The van der Waals surface area contributed by atoms with E-state index >= 15 is 0 Å². The van der Waals surface area contributed by atoms with Crippen LogP contribution >= 0.6 is 34.7 Å². The number of hydrogen-bond acceptors (Lipinski definition) is 4. The normalized spacial score (nSPS) is 11.1. The van der Waals surface area contributed by atoms with Crippen LogP contribution in [0.1, 0.15) is 10.4 Å². The minimum Gasteiger partial charge on any atom is -0.298 e. The van der Waals surface area contributed by atoms with Crippen molar-refractivity contribution in [3.63, 3.8) is 0 Å². The van der Waals surface area contributed by atoms with Gasteiger partial charge in [-0.25, -0.2) is 4.98 Å². The third-order valence-electron chi connectivity index (χ3n) is 2.89. The van der Waals surface area contributed by atoms with E-state index in [0.717, 1.165) is 4.70 Å². The van der Waals surface area contributed by atoms with Gasteiger partial charge in [-0.3, -0.25) is 10.1 Å². The molecule has 0 atom stereocenters. The monoisotopic (exact) mass is 370 g/mol. The van der Waals surface area contributed by atoms with Crippen LogP contribution in [0.3, 0.4) is 0 Å². The molecule has 1 amide bonds. The number of carbonyl (C=O) groups excluding carboxylic acids is 1. The fraction of sp³-hybridized carbons (Fsp3) is 0.0667. The van der Waals surface area contributed by atoms with E-state index < -0.39 is 5.76 Å². The van der Waals surface area contributed by atoms with Gasteiger partial charge in [0.05, 0.1) is 10.2 Å². The Bertz CT molecular complexity index is 870. The number of amides is 1. The number of thiazole rings is 1. The van der Waals surface area contributed by atoms with Crippen molar-refractivity contribution < 1.29 is 13.6 Å². The second kappa shape index (κ2) is 6.82. The molecule has 8 heteroatoms. The molecule has 3 rings (SSSR count). The summed E-state index contributed by atoms with van der Waals surface area (Å²) >= 11 is 7.57. The smallest absolute Gasteiger partial charge is 0.288 e. The van der Waals surface area contributed by atoms with Gasteiger partial charge in [0.1, 0.15) is 0 Å². The molecule has 23 heavy (non-hydrogen) atoms. The summed E-state index contributed by atoms with van der Waals surface area (Å²) in [4.78, 5) is 16.9. The van der Waals surface area contributed by atoms with Gasteiger partial charge in [-0.2, -0.15) is 8.78 Å². The van der Waals surface area contributed by atoms with Crippen LogP contribution in [0.2, 0.25) is 5.02 Å². The molecule has 1 aromatic heterocycles. The van der Waals surface area contributed by atoms with Crippen LogP contribution in [0.25, 0.3) is 10.2 Å². The highest BCUT2D eigenvalue weighted by atomic mass is 35.5. The Balaban J connectivity index is 1.81. The van der Waals surface area contributed by atoms with Crippen LogP contribution in [0, 0.1) is 0 Å². The average molecular weight is 371 g/mol. The number of carbonyl (C=O) groups is 1. The summed E-state index contributed by atoms with van der Waals surface area (Å²) in [5.74, 6) is -2.80. The summed E-state index contributed by atoms with van der Waals surface area (Å²) in [6.07, 6.45) is 0. The first-order valence-corrected chi connectivity index (χ1v) is 8.51. The minimum atomic E-state index is -2.47. The number of fused-ring (bicyclic) bond motifs is 1. The molecule has 3 aromatic rings. The molecule has 0 unspecified atom stereocenters. The van der Waals surface area contributed by atoms with E-state index in [1.807, 2.05) is 0 Å². The number of hydrogen-bond donors (Lipinski definition) is 1. The van der Waals surface area contributed by atoms with Gasteiger partial charge in [0.2, 0.25) is 0 Å². The highest BCUT2D eigenvalue weighted by molar-refractivity contribution is 7.99. The maximum atomic E-state index is 12.4. The summed E-state index contributed by atoms with van der Waals surface area (Å²) < 4.78 is 25.5. The Kier molecular flexibility index (Phi) is 4.79. The standard InChI is InChI=1S/C15H9ClF2N2OS2/c16-9-3-1-2-8(6-9)13(21)20-15-19-11-5-4-10(22-14(17)18)7-12(11)23-15/h1-7,14H,(H,19,20,21). The Morgan fingerprint density at radius 1 is 1.26 bits per heavy atom. The molecule has 0 aliphatic rings. The van der Waals surface area contributed by atoms with Crippen molar-refractivity contribution >= 4 is 56.0 Å². The summed E-state index contributed by atoms with van der Waals surface area (Å²) in [6, 6.07) is 11.4. The predicted octanol–water partition coefficient (Wildman–Crippen LogP) is 5.52. The summed E-state index contributed by atoms with van der Waals surface area (Å²) in [5.41, 5.74) is 1.07. The van der Waals surface area contributed by atoms with Gasteiger partial charge in [0.25, 0.3) is 11.7 Å². The first-order valence-electron chi connectivity index (χ1n) is 6.43. The van der Waals surface area contributed by atoms with Crippen molar-refractivity contribution in [2.75, 3.05) is 5.32 Å². The Labute approximate surface area is 143 Å². The van der Waals surface area contributed by atoms with E-state index in [1.165, 1.54) is 11.3 Å². The minimum absolute atomic E-state index is 0.325. The van der Waals surface area contributed by atoms with Crippen molar-refractivity contribution in [2.24, 2.45) is 0 Å². The quantitative estimate of drug-likeness (QED) is 0.615. The molecular weight excluding hydrogens is 362 g/mol. The van der Waals surface area contributed by atoms with Crippen LogP contribution < -0.4 is 5.32 Å². The zero-order valence-corrected chi connectivity index (χ0v) is 13.8. The van der Waals surface area contributed by atoms with Gasteiger partial charge in [0, 0.05) is 15.5 Å². The van der Waals surface area contributed by atoms with Crippen LogP contribution in [0.4, 0.5) is 13.9 Å². The van der Waals surface area contributed by atoms with E-state index in [9.17, 15) is 13.6 Å². The van der Waals surface area contributed by atoms with Crippen molar-refractivity contribution in [1.29, 1.82) is 0 Å². The Hall–Kier alpha value is -1.70. The SMILES string of the molecule is O=C(Nc1nc2ccc(SC(F)F)cc2s1)c1cccc(Cl)c1. The largest absolute Gasteiger partial charge is 0.298 e. The van der Waals surface area contributed by atoms with Gasteiger partial charge < -0.3 is 0 Å². The van der Waals surface area contributed by atoms with Gasteiger partial charge >= 0.3 is 0 Å². The number of nitrogens with zero attached hydrogens (tertiary/aromatic N) is 1. The molecule has 0 aliphatic carbocycles. The second-order valence-electron chi connectivity index (χ2n) is 4.49. The van der Waals surface area contributed by atoms with Crippen LogP contribution in [0.5, 0.6) is 0 Å². The molecular formula is C15H9ClF2N2OS2. The third-order valence-corrected chi connectivity index (χ3v) is 4.77. The Morgan fingerprint density at radius 3 is 2.83 bits per heavy atom. The highest BCUT2D eigenvalue weighted by Gasteiger charge is 2.12. The lowest BCUT2D eigenvalue weighted by molar-refractivity contribution is 0.102. The number of aromatic nitrogens is 1. The molecule has 3 nitrogen and oxygen atoms in total. The summed E-state index contributed by atoms with van der Waals surface area (Å²) in [6.45, 7) is 0.